The standard InChI is InChI=1S/C23H33N/c1-6-17-14-19(11-12-22(17)24-21(7-2)15(3)4)23-16(5)13-18-9-8-10-20(18)23/h11-12,14-15,18,20H,6-10,13H2,1-5H3. The summed E-state index contributed by atoms with van der Waals surface area (Å²) < 4.78 is 0. The van der Waals surface area contributed by atoms with Crippen molar-refractivity contribution in [3.8, 4) is 0 Å². The molecular formula is C23H33N. The predicted molar refractivity (Wildman–Crippen MR) is 106 cm³/mol. The Morgan fingerprint density at radius 1 is 1.21 bits per heavy atom. The molecular weight excluding hydrogens is 290 g/mol. The first-order chi connectivity index (χ1) is 11.5. The van der Waals surface area contributed by atoms with Crippen LogP contribution in [0.15, 0.2) is 28.8 Å². The number of benzene rings is 1. The molecule has 0 aromatic heterocycles. The van der Waals surface area contributed by atoms with Crippen LogP contribution in [-0.2, 0) is 6.42 Å². The molecule has 0 amide bonds. The molecule has 2 unspecified atom stereocenters. The molecule has 2 aliphatic rings. The zero-order valence-electron chi connectivity index (χ0n) is 16.2. The summed E-state index contributed by atoms with van der Waals surface area (Å²) in [6.07, 6.45) is 7.67. The second-order valence-corrected chi connectivity index (χ2v) is 8.00. The highest BCUT2D eigenvalue weighted by atomic mass is 14.8. The molecule has 2 atom stereocenters. The van der Waals surface area contributed by atoms with Gasteiger partial charge < -0.3 is 0 Å². The highest BCUT2D eigenvalue weighted by Crippen LogP contribution is 2.51. The van der Waals surface area contributed by atoms with Gasteiger partial charge in [0.15, 0.2) is 0 Å². The third-order valence-electron chi connectivity index (χ3n) is 6.12. The van der Waals surface area contributed by atoms with Gasteiger partial charge in [-0.25, -0.2) is 0 Å². The molecule has 2 aliphatic carbocycles. The van der Waals surface area contributed by atoms with Gasteiger partial charge in [0.05, 0.1) is 5.69 Å². The minimum absolute atomic E-state index is 0.526. The first kappa shape index (κ1) is 17.5. The van der Waals surface area contributed by atoms with Gasteiger partial charge in [-0.15, -0.1) is 0 Å². The lowest BCUT2D eigenvalue weighted by molar-refractivity contribution is 0.499. The Kier molecular flexibility index (Phi) is 5.27. The average Bonchev–Trinajstić information content (AvgIpc) is 3.12. The van der Waals surface area contributed by atoms with E-state index in [0.29, 0.717) is 5.92 Å². The summed E-state index contributed by atoms with van der Waals surface area (Å²) in [5.74, 6) is 2.28. The van der Waals surface area contributed by atoms with Crippen LogP contribution in [0.2, 0.25) is 0 Å². The van der Waals surface area contributed by atoms with E-state index in [-0.39, 0.29) is 0 Å². The maximum absolute atomic E-state index is 5.00. The second kappa shape index (κ2) is 7.25. The Balaban J connectivity index is 1.97. The van der Waals surface area contributed by atoms with Crippen molar-refractivity contribution in [3.63, 3.8) is 0 Å². The van der Waals surface area contributed by atoms with E-state index in [2.05, 4.69) is 52.8 Å². The number of nitrogens with zero attached hydrogens (tertiary/aromatic N) is 1. The zero-order chi connectivity index (χ0) is 17.3. The van der Waals surface area contributed by atoms with Crippen LogP contribution in [0.3, 0.4) is 0 Å². The fraction of sp³-hybridized carbons (Fsp3) is 0.609. The number of aliphatic imine (C=N–C) groups is 1. The molecule has 1 fully saturated rings. The van der Waals surface area contributed by atoms with Crippen LogP contribution in [0.5, 0.6) is 0 Å². The highest BCUT2D eigenvalue weighted by Gasteiger charge is 2.36. The van der Waals surface area contributed by atoms with E-state index in [9.17, 15) is 0 Å². The van der Waals surface area contributed by atoms with Gasteiger partial charge in [-0.1, -0.05) is 45.8 Å². The normalized spacial score (nSPS) is 24.2. The van der Waals surface area contributed by atoms with E-state index < -0.39 is 0 Å². The molecule has 0 heterocycles. The highest BCUT2D eigenvalue weighted by molar-refractivity contribution is 5.89. The summed E-state index contributed by atoms with van der Waals surface area (Å²) >= 11 is 0. The van der Waals surface area contributed by atoms with Gasteiger partial charge in [0.25, 0.3) is 0 Å². The summed E-state index contributed by atoms with van der Waals surface area (Å²) in [4.78, 5) is 5.00. The maximum Gasteiger partial charge on any atom is 0.0661 e. The van der Waals surface area contributed by atoms with Gasteiger partial charge >= 0.3 is 0 Å². The number of rotatable bonds is 5. The zero-order valence-corrected chi connectivity index (χ0v) is 16.2. The lowest BCUT2D eigenvalue weighted by Gasteiger charge is -2.17. The molecule has 24 heavy (non-hydrogen) atoms. The van der Waals surface area contributed by atoms with Gasteiger partial charge in [0.1, 0.15) is 0 Å². The Hall–Kier alpha value is -1.37. The summed E-state index contributed by atoms with van der Waals surface area (Å²) in [5.41, 5.74) is 8.68. The molecule has 1 nitrogen and oxygen atoms in total. The Morgan fingerprint density at radius 3 is 2.67 bits per heavy atom. The van der Waals surface area contributed by atoms with Crippen molar-refractivity contribution >= 4 is 17.0 Å². The topological polar surface area (TPSA) is 12.4 Å². The molecule has 0 aliphatic heterocycles. The van der Waals surface area contributed by atoms with E-state index in [1.807, 2.05) is 0 Å². The number of fused-ring (bicyclic) bond motifs is 1. The van der Waals surface area contributed by atoms with Crippen LogP contribution in [0.25, 0.3) is 5.57 Å². The second-order valence-electron chi connectivity index (χ2n) is 8.00. The van der Waals surface area contributed by atoms with Crippen molar-refractivity contribution in [1.82, 2.24) is 0 Å². The predicted octanol–water partition coefficient (Wildman–Crippen LogP) is 6.98. The van der Waals surface area contributed by atoms with Crippen LogP contribution in [0.4, 0.5) is 5.69 Å². The van der Waals surface area contributed by atoms with Crippen molar-refractivity contribution in [2.75, 3.05) is 0 Å². The Morgan fingerprint density at radius 2 is 2.00 bits per heavy atom. The van der Waals surface area contributed by atoms with Crippen molar-refractivity contribution in [2.45, 2.75) is 73.1 Å². The van der Waals surface area contributed by atoms with Crippen LogP contribution in [-0.4, -0.2) is 5.71 Å². The van der Waals surface area contributed by atoms with Gasteiger partial charge in [-0.2, -0.15) is 0 Å². The van der Waals surface area contributed by atoms with E-state index in [0.717, 1.165) is 24.7 Å². The summed E-state index contributed by atoms with van der Waals surface area (Å²) in [7, 11) is 0. The van der Waals surface area contributed by atoms with E-state index in [1.165, 1.54) is 48.2 Å². The molecule has 0 bridgehead atoms. The lowest BCUT2D eigenvalue weighted by Crippen LogP contribution is -2.06. The molecule has 0 saturated heterocycles. The quantitative estimate of drug-likeness (QED) is 0.518. The number of hydrogen-bond donors (Lipinski definition) is 0. The van der Waals surface area contributed by atoms with E-state index in [1.54, 1.807) is 11.1 Å². The molecule has 0 radical (unpaired) electrons. The average molecular weight is 324 g/mol. The lowest BCUT2D eigenvalue weighted by atomic mass is 9.89. The molecule has 1 saturated carbocycles. The summed E-state index contributed by atoms with van der Waals surface area (Å²) in [5, 5.41) is 0. The smallest absolute Gasteiger partial charge is 0.0661 e. The van der Waals surface area contributed by atoms with Crippen molar-refractivity contribution in [1.29, 1.82) is 0 Å². The fourth-order valence-corrected chi connectivity index (χ4v) is 4.86. The third kappa shape index (κ3) is 3.23. The van der Waals surface area contributed by atoms with Crippen molar-refractivity contribution in [3.05, 3.63) is 34.9 Å². The summed E-state index contributed by atoms with van der Waals surface area (Å²) in [6.45, 7) is 11.3. The minimum Gasteiger partial charge on any atom is -0.257 e. The van der Waals surface area contributed by atoms with Crippen LogP contribution in [0, 0.1) is 17.8 Å². The Labute approximate surface area is 148 Å². The number of hydrogen-bond acceptors (Lipinski definition) is 1. The van der Waals surface area contributed by atoms with Crippen molar-refractivity contribution in [2.24, 2.45) is 22.7 Å². The van der Waals surface area contributed by atoms with Gasteiger partial charge in [-0.3, -0.25) is 4.99 Å². The molecule has 3 rings (SSSR count). The SMILES string of the molecule is CCC(=Nc1ccc(C2=C(C)CC3CCCC23)cc1CC)C(C)C. The Bertz CT molecular complexity index is 663. The molecule has 1 aromatic carbocycles. The maximum atomic E-state index is 5.00. The van der Waals surface area contributed by atoms with Gasteiger partial charge in [0, 0.05) is 5.71 Å². The van der Waals surface area contributed by atoms with Gasteiger partial charge in [0.2, 0.25) is 0 Å². The van der Waals surface area contributed by atoms with Gasteiger partial charge in [-0.05, 0) is 85.6 Å². The minimum atomic E-state index is 0.526. The fourth-order valence-electron chi connectivity index (χ4n) is 4.86. The largest absolute Gasteiger partial charge is 0.257 e. The molecule has 1 aromatic rings. The monoisotopic (exact) mass is 323 g/mol. The van der Waals surface area contributed by atoms with Crippen LogP contribution in [0.1, 0.15) is 77.8 Å². The molecule has 0 N–H and O–H groups in total. The molecule has 130 valence electrons. The number of allylic oxidation sites excluding steroid dienone is 2. The van der Waals surface area contributed by atoms with E-state index in [4.69, 9.17) is 4.99 Å². The third-order valence-corrected chi connectivity index (χ3v) is 6.12. The van der Waals surface area contributed by atoms with Crippen LogP contribution < -0.4 is 0 Å². The molecule has 0 spiro atoms. The number of aryl methyl sites for hydroxylation is 1. The first-order valence-corrected chi connectivity index (χ1v) is 9.95. The van der Waals surface area contributed by atoms with Crippen molar-refractivity contribution < 1.29 is 0 Å². The molecule has 1 heteroatoms. The first-order valence-electron chi connectivity index (χ1n) is 9.95. The summed E-state index contributed by atoms with van der Waals surface area (Å²) in [6, 6.07) is 7.05. The van der Waals surface area contributed by atoms with E-state index >= 15 is 0 Å². The van der Waals surface area contributed by atoms with Crippen LogP contribution >= 0.6 is 0 Å².